The van der Waals surface area contributed by atoms with Crippen LogP contribution in [-0.2, 0) is 0 Å². The zero-order valence-electron chi connectivity index (χ0n) is 6.74. The zero-order valence-corrected chi connectivity index (χ0v) is 7.55. The SMILES string of the molecule is CC#CCNCCCC.Cl. The first-order valence-corrected chi connectivity index (χ1v) is 3.52. The van der Waals surface area contributed by atoms with Gasteiger partial charge < -0.3 is 5.32 Å². The Balaban J connectivity index is 0. The summed E-state index contributed by atoms with van der Waals surface area (Å²) in [5, 5.41) is 3.21. The third-order valence-corrected chi connectivity index (χ3v) is 1.10. The molecule has 1 N–H and O–H groups in total. The van der Waals surface area contributed by atoms with Gasteiger partial charge in [0.05, 0.1) is 6.54 Å². The minimum atomic E-state index is 0. The van der Waals surface area contributed by atoms with E-state index in [0.717, 1.165) is 13.1 Å². The van der Waals surface area contributed by atoms with Crippen LogP contribution in [0.4, 0.5) is 0 Å². The van der Waals surface area contributed by atoms with E-state index in [9.17, 15) is 0 Å². The first-order valence-electron chi connectivity index (χ1n) is 3.52. The summed E-state index contributed by atoms with van der Waals surface area (Å²) < 4.78 is 0. The van der Waals surface area contributed by atoms with Gasteiger partial charge in [-0.1, -0.05) is 19.3 Å². The molecule has 10 heavy (non-hydrogen) atoms. The molecule has 60 valence electrons. The first kappa shape index (κ1) is 12.5. The average Bonchev–Trinajstić information content (AvgIpc) is 1.89. The molecule has 1 nitrogen and oxygen atoms in total. The van der Waals surface area contributed by atoms with Gasteiger partial charge in [-0.3, -0.25) is 0 Å². The minimum absolute atomic E-state index is 0. The van der Waals surface area contributed by atoms with E-state index in [0.29, 0.717) is 0 Å². The molecule has 0 saturated heterocycles. The van der Waals surface area contributed by atoms with Crippen LogP contribution in [0.5, 0.6) is 0 Å². The van der Waals surface area contributed by atoms with Gasteiger partial charge in [-0.05, 0) is 19.9 Å². The Labute approximate surface area is 70.0 Å². The van der Waals surface area contributed by atoms with Crippen molar-refractivity contribution in [1.29, 1.82) is 0 Å². The minimum Gasteiger partial charge on any atom is -0.306 e. The normalized spacial score (nSPS) is 7.40. The molecule has 0 saturated carbocycles. The number of rotatable bonds is 4. The summed E-state index contributed by atoms with van der Waals surface area (Å²) in [6.45, 7) is 6.00. The molecule has 0 amide bonds. The molecule has 0 bridgehead atoms. The highest BCUT2D eigenvalue weighted by Gasteiger charge is 1.79. The molecule has 0 rings (SSSR count). The van der Waals surface area contributed by atoms with Gasteiger partial charge in [0, 0.05) is 0 Å². The summed E-state index contributed by atoms with van der Waals surface area (Å²) in [6, 6.07) is 0. The van der Waals surface area contributed by atoms with Gasteiger partial charge in [0.25, 0.3) is 0 Å². The molecular formula is C8H16ClN. The van der Waals surface area contributed by atoms with Crippen molar-refractivity contribution in [2.75, 3.05) is 13.1 Å². The molecule has 0 aromatic heterocycles. The van der Waals surface area contributed by atoms with Crippen LogP contribution in [0.2, 0.25) is 0 Å². The predicted molar refractivity (Wildman–Crippen MR) is 48.5 cm³/mol. The lowest BCUT2D eigenvalue weighted by atomic mass is 10.3. The maximum absolute atomic E-state index is 3.21. The summed E-state index contributed by atoms with van der Waals surface area (Å²) in [6.07, 6.45) is 2.51. The maximum Gasteiger partial charge on any atom is 0.0576 e. The summed E-state index contributed by atoms with van der Waals surface area (Å²) in [4.78, 5) is 0. The van der Waals surface area contributed by atoms with Crippen molar-refractivity contribution < 1.29 is 0 Å². The van der Waals surface area contributed by atoms with Crippen LogP contribution in [-0.4, -0.2) is 13.1 Å². The number of unbranched alkanes of at least 4 members (excludes halogenated alkanes) is 1. The van der Waals surface area contributed by atoms with Crippen molar-refractivity contribution in [2.45, 2.75) is 26.7 Å². The van der Waals surface area contributed by atoms with E-state index in [-0.39, 0.29) is 12.4 Å². The van der Waals surface area contributed by atoms with Crippen molar-refractivity contribution in [3.05, 3.63) is 0 Å². The molecule has 0 atom stereocenters. The quantitative estimate of drug-likeness (QED) is 0.490. The lowest BCUT2D eigenvalue weighted by Gasteiger charge is -1.95. The number of nitrogens with one attached hydrogen (secondary N) is 1. The van der Waals surface area contributed by atoms with Gasteiger partial charge in [-0.2, -0.15) is 0 Å². The van der Waals surface area contributed by atoms with Crippen LogP contribution in [0.1, 0.15) is 26.7 Å². The van der Waals surface area contributed by atoms with E-state index >= 15 is 0 Å². The summed E-state index contributed by atoms with van der Waals surface area (Å²) >= 11 is 0. The predicted octanol–water partition coefficient (Wildman–Crippen LogP) is 1.82. The second kappa shape index (κ2) is 11.6. The number of hydrogen-bond donors (Lipinski definition) is 1. The van der Waals surface area contributed by atoms with E-state index in [1.54, 1.807) is 0 Å². The van der Waals surface area contributed by atoms with Gasteiger partial charge in [-0.25, -0.2) is 0 Å². The number of halogens is 1. The fourth-order valence-electron chi connectivity index (χ4n) is 0.541. The smallest absolute Gasteiger partial charge is 0.0576 e. The second-order valence-electron chi connectivity index (χ2n) is 1.96. The van der Waals surface area contributed by atoms with Crippen LogP contribution in [0.25, 0.3) is 0 Å². The Bertz CT molecular complexity index is 102. The lowest BCUT2D eigenvalue weighted by molar-refractivity contribution is 0.686. The van der Waals surface area contributed by atoms with Crippen LogP contribution >= 0.6 is 12.4 Å². The molecule has 0 fully saturated rings. The topological polar surface area (TPSA) is 12.0 Å². The standard InChI is InChI=1S/C8H15N.ClH/c1-3-5-7-9-8-6-4-2;/h9H,3,5,7-8H2,1-2H3;1H. The third kappa shape index (κ3) is 10.7. The van der Waals surface area contributed by atoms with Gasteiger partial charge in [-0.15, -0.1) is 18.3 Å². The van der Waals surface area contributed by atoms with Gasteiger partial charge >= 0.3 is 0 Å². The van der Waals surface area contributed by atoms with Gasteiger partial charge in [0.15, 0.2) is 0 Å². The molecular weight excluding hydrogens is 146 g/mol. The van der Waals surface area contributed by atoms with Crippen LogP contribution in [0, 0.1) is 11.8 Å². The van der Waals surface area contributed by atoms with Gasteiger partial charge in [0.2, 0.25) is 0 Å². The zero-order chi connectivity index (χ0) is 6.95. The fraction of sp³-hybridized carbons (Fsp3) is 0.750. The molecule has 0 aliphatic heterocycles. The Morgan fingerprint density at radius 1 is 1.40 bits per heavy atom. The highest BCUT2D eigenvalue weighted by atomic mass is 35.5. The number of hydrogen-bond acceptors (Lipinski definition) is 1. The molecule has 0 radical (unpaired) electrons. The first-order chi connectivity index (χ1) is 4.41. The van der Waals surface area contributed by atoms with Crippen molar-refractivity contribution >= 4 is 12.4 Å². The molecule has 0 aliphatic rings. The Hall–Kier alpha value is -0.190. The highest BCUT2D eigenvalue weighted by Crippen LogP contribution is 1.80. The van der Waals surface area contributed by atoms with Crippen LogP contribution in [0.15, 0.2) is 0 Å². The molecule has 2 heteroatoms. The lowest BCUT2D eigenvalue weighted by Crippen LogP contribution is -2.14. The molecule has 0 aromatic rings. The summed E-state index contributed by atoms with van der Waals surface area (Å²) in [7, 11) is 0. The third-order valence-electron chi connectivity index (χ3n) is 1.10. The molecule has 0 unspecified atom stereocenters. The van der Waals surface area contributed by atoms with Crippen LogP contribution in [0.3, 0.4) is 0 Å². The summed E-state index contributed by atoms with van der Waals surface area (Å²) in [5.74, 6) is 5.78. The van der Waals surface area contributed by atoms with E-state index in [4.69, 9.17) is 0 Å². The monoisotopic (exact) mass is 161 g/mol. The second-order valence-corrected chi connectivity index (χ2v) is 1.96. The van der Waals surface area contributed by atoms with Crippen molar-refractivity contribution in [2.24, 2.45) is 0 Å². The Morgan fingerprint density at radius 2 is 2.10 bits per heavy atom. The highest BCUT2D eigenvalue weighted by molar-refractivity contribution is 5.85. The Morgan fingerprint density at radius 3 is 2.60 bits per heavy atom. The average molecular weight is 162 g/mol. The largest absolute Gasteiger partial charge is 0.306 e. The Kier molecular flexibility index (Phi) is 14.5. The fourth-order valence-corrected chi connectivity index (χ4v) is 0.541. The van der Waals surface area contributed by atoms with Crippen molar-refractivity contribution in [3.8, 4) is 11.8 Å². The maximum atomic E-state index is 3.21. The van der Waals surface area contributed by atoms with Gasteiger partial charge in [0.1, 0.15) is 0 Å². The molecule has 0 aliphatic carbocycles. The molecule has 0 spiro atoms. The van der Waals surface area contributed by atoms with E-state index in [2.05, 4.69) is 24.1 Å². The van der Waals surface area contributed by atoms with E-state index < -0.39 is 0 Å². The van der Waals surface area contributed by atoms with Crippen molar-refractivity contribution in [1.82, 2.24) is 5.32 Å². The van der Waals surface area contributed by atoms with Crippen molar-refractivity contribution in [3.63, 3.8) is 0 Å². The molecule has 0 heterocycles. The van der Waals surface area contributed by atoms with E-state index in [1.807, 2.05) is 6.92 Å². The summed E-state index contributed by atoms with van der Waals surface area (Å²) in [5.41, 5.74) is 0. The van der Waals surface area contributed by atoms with Crippen LogP contribution < -0.4 is 5.32 Å². The van der Waals surface area contributed by atoms with E-state index in [1.165, 1.54) is 12.8 Å². The molecule has 0 aromatic carbocycles.